The molecule has 9 heteroatoms. The number of nitrogens with zero attached hydrogens (tertiary/aromatic N) is 1. The molecule has 1 rings (SSSR count). The van der Waals surface area contributed by atoms with Gasteiger partial charge in [0, 0.05) is 16.6 Å². The maximum atomic E-state index is 11.1. The van der Waals surface area contributed by atoms with E-state index in [0.717, 1.165) is 0 Å². The van der Waals surface area contributed by atoms with E-state index in [4.69, 9.17) is 11.6 Å². The summed E-state index contributed by atoms with van der Waals surface area (Å²) in [6.45, 7) is 0. The number of non-ortho nitro benzene ring substituents is 1. The van der Waals surface area contributed by atoms with Gasteiger partial charge in [0.2, 0.25) is 10.0 Å². The van der Waals surface area contributed by atoms with Gasteiger partial charge in [-0.15, -0.1) is 11.6 Å². The lowest BCUT2D eigenvalue weighted by Crippen LogP contribution is -2.13. The van der Waals surface area contributed by atoms with Crippen LogP contribution in [0.15, 0.2) is 22.7 Å². The summed E-state index contributed by atoms with van der Waals surface area (Å²) in [4.78, 5) is 9.85. The molecule has 0 aliphatic heterocycles. The Bertz CT molecular complexity index is 519. The number of anilines is 1. The number of benzene rings is 1. The molecule has 0 aromatic heterocycles. The quantitative estimate of drug-likeness (QED) is 0.521. The average Bonchev–Trinajstić information content (AvgIpc) is 2.20. The fraction of sp³-hybridized carbons (Fsp3) is 0.143. The van der Waals surface area contributed by atoms with Crippen molar-refractivity contribution in [3.63, 3.8) is 0 Å². The largest absolute Gasteiger partial charge is 0.281 e. The minimum atomic E-state index is -3.61. The first kappa shape index (κ1) is 13.2. The van der Waals surface area contributed by atoms with Gasteiger partial charge in [-0.2, -0.15) is 0 Å². The molecule has 0 fully saturated rings. The van der Waals surface area contributed by atoms with E-state index in [2.05, 4.69) is 20.7 Å². The normalized spacial score (nSPS) is 11.1. The molecule has 1 aromatic rings. The molecular formula is C7H6BrClN2O4S. The van der Waals surface area contributed by atoms with Crippen molar-refractivity contribution in [1.82, 2.24) is 0 Å². The molecule has 6 nitrogen and oxygen atoms in total. The highest BCUT2D eigenvalue weighted by atomic mass is 79.9. The molecule has 0 aliphatic carbocycles. The minimum absolute atomic E-state index is 0.138. The Kier molecular flexibility index (Phi) is 4.11. The van der Waals surface area contributed by atoms with Crippen LogP contribution in [0.4, 0.5) is 11.4 Å². The number of nitro groups is 1. The van der Waals surface area contributed by atoms with Gasteiger partial charge in [-0.3, -0.25) is 14.8 Å². The lowest BCUT2D eigenvalue weighted by atomic mass is 10.3. The molecule has 0 saturated carbocycles. The van der Waals surface area contributed by atoms with Crippen molar-refractivity contribution in [2.75, 3.05) is 9.93 Å². The van der Waals surface area contributed by atoms with Crippen LogP contribution in [0.25, 0.3) is 0 Å². The van der Waals surface area contributed by atoms with Crippen LogP contribution in [-0.4, -0.2) is 18.6 Å². The van der Waals surface area contributed by atoms with Crippen molar-refractivity contribution >= 4 is 48.9 Å². The first-order chi connectivity index (χ1) is 7.35. The summed E-state index contributed by atoms with van der Waals surface area (Å²) in [5, 5.41) is 9.84. The van der Waals surface area contributed by atoms with E-state index in [1.54, 1.807) is 0 Å². The van der Waals surface area contributed by atoms with Gasteiger partial charge < -0.3 is 0 Å². The zero-order valence-corrected chi connectivity index (χ0v) is 10.8. The topological polar surface area (TPSA) is 89.3 Å². The third-order valence-electron chi connectivity index (χ3n) is 1.57. The predicted octanol–water partition coefficient (Wildman–Crippen LogP) is 2.30. The monoisotopic (exact) mass is 328 g/mol. The molecule has 0 atom stereocenters. The van der Waals surface area contributed by atoms with Crippen molar-refractivity contribution < 1.29 is 13.3 Å². The Labute approximate surface area is 105 Å². The lowest BCUT2D eigenvalue weighted by molar-refractivity contribution is -0.384. The van der Waals surface area contributed by atoms with Gasteiger partial charge in [-0.05, 0) is 22.0 Å². The summed E-state index contributed by atoms with van der Waals surface area (Å²) in [6.07, 6.45) is 0. The lowest BCUT2D eigenvalue weighted by Gasteiger charge is -2.06. The Morgan fingerprint density at radius 3 is 2.56 bits per heavy atom. The molecule has 0 saturated heterocycles. The zero-order valence-electron chi connectivity index (χ0n) is 7.68. The number of rotatable bonds is 4. The average molecular weight is 330 g/mol. The molecule has 0 aliphatic rings. The Hall–Kier alpha value is -0.860. The number of sulfonamides is 1. The van der Waals surface area contributed by atoms with E-state index in [0.29, 0.717) is 0 Å². The highest BCUT2D eigenvalue weighted by Crippen LogP contribution is 2.27. The van der Waals surface area contributed by atoms with Gasteiger partial charge in [-0.25, -0.2) is 8.42 Å². The molecule has 16 heavy (non-hydrogen) atoms. The standard InChI is InChI=1S/C7H6BrClN2O4S/c8-6-3-5(11(12)13)1-2-7(6)10-16(14,15)4-9/h1-3,10H,4H2. The third kappa shape index (κ3) is 3.32. The molecule has 1 aromatic carbocycles. The molecule has 1 N–H and O–H groups in total. The number of nitro benzene ring substituents is 1. The van der Waals surface area contributed by atoms with Crippen LogP contribution in [-0.2, 0) is 10.0 Å². The van der Waals surface area contributed by atoms with Crippen LogP contribution in [0.2, 0.25) is 0 Å². The summed E-state index contributed by atoms with van der Waals surface area (Å²) >= 11 is 8.23. The molecule has 0 bridgehead atoms. The Morgan fingerprint density at radius 1 is 1.50 bits per heavy atom. The van der Waals surface area contributed by atoms with Gasteiger partial charge in [0.05, 0.1) is 10.6 Å². The SMILES string of the molecule is O=[N+]([O-])c1ccc(NS(=O)(=O)CCl)c(Br)c1. The van der Waals surface area contributed by atoms with Gasteiger partial charge in [-0.1, -0.05) is 0 Å². The molecule has 0 unspecified atom stereocenters. The maximum Gasteiger partial charge on any atom is 0.270 e. The first-order valence-electron chi connectivity index (χ1n) is 3.86. The van der Waals surface area contributed by atoms with Gasteiger partial charge >= 0.3 is 0 Å². The van der Waals surface area contributed by atoms with Crippen molar-refractivity contribution in [3.8, 4) is 0 Å². The van der Waals surface area contributed by atoms with Crippen molar-refractivity contribution in [2.45, 2.75) is 0 Å². The number of hydrogen-bond donors (Lipinski definition) is 1. The molecular weight excluding hydrogens is 324 g/mol. The highest BCUT2D eigenvalue weighted by Gasteiger charge is 2.13. The predicted molar refractivity (Wildman–Crippen MR) is 64.1 cm³/mol. The Balaban J connectivity index is 3.05. The van der Waals surface area contributed by atoms with Crippen molar-refractivity contribution in [2.24, 2.45) is 0 Å². The fourth-order valence-corrected chi connectivity index (χ4v) is 2.22. The van der Waals surface area contributed by atoms with E-state index in [1.165, 1.54) is 18.2 Å². The highest BCUT2D eigenvalue weighted by molar-refractivity contribution is 9.10. The molecule has 0 spiro atoms. The molecule has 88 valence electrons. The maximum absolute atomic E-state index is 11.1. The summed E-state index contributed by atoms with van der Waals surface area (Å²) in [5.41, 5.74) is 0.0620. The van der Waals surface area contributed by atoms with Crippen LogP contribution >= 0.6 is 27.5 Å². The van der Waals surface area contributed by atoms with E-state index in [-0.39, 0.29) is 15.8 Å². The molecule has 0 radical (unpaired) electrons. The summed E-state index contributed by atoms with van der Waals surface area (Å²) < 4.78 is 24.7. The van der Waals surface area contributed by atoms with E-state index >= 15 is 0 Å². The second kappa shape index (κ2) is 4.98. The second-order valence-corrected chi connectivity index (χ2v) is 5.91. The van der Waals surface area contributed by atoms with Gasteiger partial charge in [0.1, 0.15) is 5.21 Å². The van der Waals surface area contributed by atoms with Crippen LogP contribution in [0.1, 0.15) is 0 Å². The van der Waals surface area contributed by atoms with Gasteiger partial charge in [0.15, 0.2) is 0 Å². The van der Waals surface area contributed by atoms with Crippen molar-refractivity contribution in [1.29, 1.82) is 0 Å². The first-order valence-corrected chi connectivity index (χ1v) is 6.84. The minimum Gasteiger partial charge on any atom is -0.281 e. The van der Waals surface area contributed by atoms with Crippen LogP contribution in [0.5, 0.6) is 0 Å². The number of alkyl halides is 1. The zero-order chi connectivity index (χ0) is 12.3. The van der Waals surface area contributed by atoms with Crippen LogP contribution in [0.3, 0.4) is 0 Å². The fourth-order valence-electron chi connectivity index (χ4n) is 0.895. The molecule has 0 amide bonds. The van der Waals surface area contributed by atoms with Crippen molar-refractivity contribution in [3.05, 3.63) is 32.8 Å². The Morgan fingerprint density at radius 2 is 2.12 bits per heavy atom. The number of hydrogen-bond acceptors (Lipinski definition) is 4. The van der Waals surface area contributed by atoms with E-state index in [9.17, 15) is 18.5 Å². The summed E-state index contributed by atoms with van der Waals surface area (Å²) in [5.74, 6) is 0. The van der Waals surface area contributed by atoms with E-state index in [1.807, 2.05) is 0 Å². The third-order valence-corrected chi connectivity index (χ3v) is 3.91. The summed E-state index contributed by atoms with van der Waals surface area (Å²) in [6, 6.07) is 3.68. The number of halogens is 2. The van der Waals surface area contributed by atoms with Crippen LogP contribution in [0, 0.1) is 10.1 Å². The second-order valence-electron chi connectivity index (χ2n) is 2.75. The van der Waals surface area contributed by atoms with Crippen LogP contribution < -0.4 is 4.72 Å². The molecule has 0 heterocycles. The number of nitrogens with one attached hydrogen (secondary N) is 1. The summed E-state index contributed by atoms with van der Waals surface area (Å²) in [7, 11) is -3.61. The van der Waals surface area contributed by atoms with Gasteiger partial charge in [0.25, 0.3) is 5.69 Å². The smallest absolute Gasteiger partial charge is 0.270 e. The van der Waals surface area contributed by atoms with E-state index < -0.39 is 20.2 Å².